The highest BCUT2D eigenvalue weighted by molar-refractivity contribution is 6.31. The number of rotatable bonds is 3. The number of carbonyl (C=O) groups is 2. The summed E-state index contributed by atoms with van der Waals surface area (Å²) in [4.78, 5) is 38.6. The van der Waals surface area contributed by atoms with Crippen LogP contribution >= 0.6 is 11.6 Å². The Morgan fingerprint density at radius 2 is 1.97 bits per heavy atom. The number of halogens is 1. The maximum atomic E-state index is 12.5. The molecule has 2 amide bonds. The van der Waals surface area contributed by atoms with Crippen molar-refractivity contribution in [2.75, 3.05) is 31.1 Å². The molecule has 0 saturated carbocycles. The molecule has 4 rings (SSSR count). The van der Waals surface area contributed by atoms with Gasteiger partial charge in [0, 0.05) is 25.7 Å². The van der Waals surface area contributed by atoms with Crippen LogP contribution in [0.15, 0.2) is 40.9 Å². The van der Waals surface area contributed by atoms with Crippen LogP contribution in [-0.4, -0.2) is 57.8 Å². The van der Waals surface area contributed by atoms with Crippen LogP contribution in [0.3, 0.4) is 0 Å². The average molecular weight is 457 g/mol. The molecule has 3 aliphatic rings. The quantitative estimate of drug-likeness (QED) is 0.495. The van der Waals surface area contributed by atoms with Crippen LogP contribution in [-0.2, 0) is 4.79 Å². The van der Waals surface area contributed by atoms with E-state index >= 15 is 0 Å². The molecule has 1 aromatic heterocycles. The van der Waals surface area contributed by atoms with Crippen LogP contribution in [0, 0.1) is 0 Å². The smallest absolute Gasteiger partial charge is 0.302 e. The third kappa shape index (κ3) is 4.75. The van der Waals surface area contributed by atoms with Gasteiger partial charge in [-0.25, -0.2) is 9.97 Å². The summed E-state index contributed by atoms with van der Waals surface area (Å²) >= 11 is 5.84. The zero-order chi connectivity index (χ0) is 22.7. The summed E-state index contributed by atoms with van der Waals surface area (Å²) in [5, 5.41) is 6.30. The van der Waals surface area contributed by atoms with E-state index in [1.54, 1.807) is 6.08 Å². The first-order valence-electron chi connectivity index (χ1n) is 10.4. The second-order valence-corrected chi connectivity index (χ2v) is 8.36. The molecule has 1 aliphatic carbocycles. The summed E-state index contributed by atoms with van der Waals surface area (Å²) in [5.74, 6) is -0.516. The molecule has 10 nitrogen and oxygen atoms in total. The highest BCUT2D eigenvalue weighted by atomic mass is 35.5. The van der Waals surface area contributed by atoms with Crippen molar-refractivity contribution in [3.63, 3.8) is 0 Å². The van der Waals surface area contributed by atoms with Gasteiger partial charge in [-0.1, -0.05) is 29.8 Å². The lowest BCUT2D eigenvalue weighted by atomic mass is 9.88. The molecule has 2 aliphatic heterocycles. The molecule has 6 N–H and O–H groups in total. The summed E-state index contributed by atoms with van der Waals surface area (Å²) in [7, 11) is 0. The number of amides is 2. The Balaban J connectivity index is 1.34. The number of piperidine rings is 1. The van der Waals surface area contributed by atoms with E-state index < -0.39 is 5.91 Å². The number of aromatic nitrogens is 2. The number of nitrogens with two attached hydrogens (primary N) is 2. The monoisotopic (exact) mass is 456 g/mol. The first-order chi connectivity index (χ1) is 15.3. The van der Waals surface area contributed by atoms with Gasteiger partial charge in [0.2, 0.25) is 5.91 Å². The minimum Gasteiger partial charge on any atom is -0.382 e. The van der Waals surface area contributed by atoms with Gasteiger partial charge in [-0.3, -0.25) is 9.59 Å². The fraction of sp³-hybridized carbons (Fsp3) is 0.381. The zero-order valence-corrected chi connectivity index (χ0v) is 18.2. The third-order valence-corrected chi connectivity index (χ3v) is 6.05. The Hall–Kier alpha value is -3.40. The van der Waals surface area contributed by atoms with Gasteiger partial charge in [-0.05, 0) is 37.3 Å². The van der Waals surface area contributed by atoms with E-state index in [-0.39, 0.29) is 33.9 Å². The van der Waals surface area contributed by atoms with Gasteiger partial charge < -0.3 is 27.0 Å². The van der Waals surface area contributed by atoms with Crippen molar-refractivity contribution in [3.05, 3.63) is 46.8 Å². The number of hydrogen-bond donors (Lipinski definition) is 4. The minimum atomic E-state index is -0.673. The second kappa shape index (κ2) is 8.99. The lowest BCUT2D eigenvalue weighted by Crippen LogP contribution is -2.53. The Morgan fingerprint density at radius 3 is 2.69 bits per heavy atom. The molecule has 0 unspecified atom stereocenters. The standard InChI is InChI=1S/C21H25ClN8O2/c22-16-18(24)27-17(23)15(26-16)19(32)28-20-25-12-21(29-20)8-10-30(11-9-21)14(31)7-6-13-4-2-1-3-5-13/h2,4-7H,1,3,8-12H2,(H4,23,24,27)(H2,25,28,29,32)/b7-6+. The number of guanidine groups is 1. The largest absolute Gasteiger partial charge is 0.382 e. The van der Waals surface area contributed by atoms with E-state index in [0.717, 1.165) is 31.3 Å². The van der Waals surface area contributed by atoms with Crippen molar-refractivity contribution in [2.45, 2.75) is 31.2 Å². The van der Waals surface area contributed by atoms with Gasteiger partial charge in [-0.2, -0.15) is 4.99 Å². The molecule has 1 spiro atoms. The van der Waals surface area contributed by atoms with Crippen molar-refractivity contribution >= 4 is 41.0 Å². The van der Waals surface area contributed by atoms with E-state index in [0.29, 0.717) is 25.6 Å². The van der Waals surface area contributed by atoms with Gasteiger partial charge >= 0.3 is 5.91 Å². The van der Waals surface area contributed by atoms with Gasteiger partial charge in [0.25, 0.3) is 0 Å². The summed E-state index contributed by atoms with van der Waals surface area (Å²) in [6.07, 6.45) is 13.3. The lowest BCUT2D eigenvalue weighted by molar-refractivity contribution is -0.127. The van der Waals surface area contributed by atoms with Crippen molar-refractivity contribution in [1.82, 2.24) is 25.5 Å². The van der Waals surface area contributed by atoms with Gasteiger partial charge in [0.1, 0.15) is 0 Å². The lowest BCUT2D eigenvalue weighted by Gasteiger charge is -2.38. The van der Waals surface area contributed by atoms with Crippen LogP contribution in [0.2, 0.25) is 5.15 Å². The Morgan fingerprint density at radius 1 is 1.19 bits per heavy atom. The normalized spacial score (nSPS) is 21.0. The number of nitrogens with zero attached hydrogens (tertiary/aromatic N) is 4. The number of hydrogen-bond acceptors (Lipinski definition) is 6. The summed E-state index contributed by atoms with van der Waals surface area (Å²) in [5.41, 5.74) is 11.9. The number of anilines is 2. The summed E-state index contributed by atoms with van der Waals surface area (Å²) in [6, 6.07) is 0. The molecule has 2 fully saturated rings. The summed E-state index contributed by atoms with van der Waals surface area (Å²) in [6.45, 7) is 1.82. The predicted molar refractivity (Wildman–Crippen MR) is 123 cm³/mol. The number of nitrogens with one attached hydrogen (secondary N) is 2. The zero-order valence-electron chi connectivity index (χ0n) is 17.5. The van der Waals surface area contributed by atoms with E-state index in [4.69, 9.17) is 23.1 Å². The fourth-order valence-corrected chi connectivity index (χ4v) is 4.03. The molecule has 0 atom stereocenters. The third-order valence-electron chi connectivity index (χ3n) is 5.77. The number of aliphatic imine (C=N–C) groups is 1. The Labute approximate surface area is 190 Å². The molecule has 0 aromatic carbocycles. The Bertz CT molecular complexity index is 1050. The number of nitrogen functional groups attached to an aromatic ring is 2. The van der Waals surface area contributed by atoms with Gasteiger partial charge in [-0.15, -0.1) is 0 Å². The first kappa shape index (κ1) is 21.8. The summed E-state index contributed by atoms with van der Waals surface area (Å²) < 4.78 is 0. The van der Waals surface area contributed by atoms with Crippen LogP contribution in [0.5, 0.6) is 0 Å². The number of likely N-dealkylation sites (tertiary alicyclic amines) is 1. The molecule has 0 radical (unpaired) electrons. The molecule has 168 valence electrons. The van der Waals surface area contributed by atoms with Crippen molar-refractivity contribution in [2.24, 2.45) is 4.99 Å². The maximum Gasteiger partial charge on any atom is 0.302 e. The van der Waals surface area contributed by atoms with E-state index in [9.17, 15) is 9.59 Å². The van der Waals surface area contributed by atoms with E-state index in [1.165, 1.54) is 0 Å². The van der Waals surface area contributed by atoms with Crippen molar-refractivity contribution in [3.8, 4) is 0 Å². The van der Waals surface area contributed by atoms with E-state index in [1.807, 2.05) is 17.1 Å². The first-order valence-corrected chi connectivity index (χ1v) is 10.8. The van der Waals surface area contributed by atoms with Crippen LogP contribution in [0.4, 0.5) is 11.6 Å². The molecular weight excluding hydrogens is 432 g/mol. The van der Waals surface area contributed by atoms with Crippen molar-refractivity contribution < 1.29 is 9.59 Å². The second-order valence-electron chi connectivity index (χ2n) is 8.00. The van der Waals surface area contributed by atoms with Crippen LogP contribution in [0.1, 0.15) is 36.2 Å². The molecule has 1 aromatic rings. The number of carbonyl (C=O) groups excluding carboxylic acids is 2. The average Bonchev–Trinajstić information content (AvgIpc) is 3.17. The molecule has 2 saturated heterocycles. The van der Waals surface area contributed by atoms with Crippen LogP contribution < -0.4 is 22.1 Å². The van der Waals surface area contributed by atoms with Gasteiger partial charge in [0.05, 0.1) is 5.54 Å². The van der Waals surface area contributed by atoms with E-state index in [2.05, 4.69) is 37.7 Å². The van der Waals surface area contributed by atoms with Gasteiger partial charge in [0.15, 0.2) is 28.4 Å². The molecular formula is C21H25ClN8O2. The number of allylic oxidation sites excluding steroid dienone is 5. The highest BCUT2D eigenvalue weighted by Gasteiger charge is 2.40. The topological polar surface area (TPSA) is 152 Å². The molecule has 3 heterocycles. The molecule has 0 bridgehead atoms. The van der Waals surface area contributed by atoms with Crippen LogP contribution in [0.25, 0.3) is 0 Å². The maximum absolute atomic E-state index is 12.5. The van der Waals surface area contributed by atoms with Crippen molar-refractivity contribution in [1.29, 1.82) is 0 Å². The fourth-order valence-electron chi connectivity index (χ4n) is 3.90. The predicted octanol–water partition coefficient (Wildman–Crippen LogP) is 1.18. The molecule has 32 heavy (non-hydrogen) atoms. The minimum absolute atomic E-state index is 0.00373. The Kier molecular flexibility index (Phi) is 6.13. The SMILES string of the molecule is Nc1nc(N)c(C(=O)/N=C2\NCC3(CCN(C(=O)/C=C/C4=CCCC=C4)CC3)N2)nc1Cl. The molecule has 11 heteroatoms. The highest BCUT2D eigenvalue weighted by Crippen LogP contribution is 2.25.